The quantitative estimate of drug-likeness (QED) is 0.751. The number of benzene rings is 2. The Kier molecular flexibility index (Phi) is 5.81. The summed E-state index contributed by atoms with van der Waals surface area (Å²) in [7, 11) is -3.32. The molecule has 0 saturated carbocycles. The third kappa shape index (κ3) is 5.92. The summed E-state index contributed by atoms with van der Waals surface area (Å²) < 4.78 is 24.9. The van der Waals surface area contributed by atoms with Gasteiger partial charge >= 0.3 is 6.03 Å². The van der Waals surface area contributed by atoms with Gasteiger partial charge in [0, 0.05) is 12.2 Å². The lowest BCUT2D eigenvalue weighted by Crippen LogP contribution is -2.36. The summed E-state index contributed by atoms with van der Waals surface area (Å²) in [6.07, 6.45) is 1.09. The summed E-state index contributed by atoms with van der Waals surface area (Å²) in [5.74, 6) is 0. The Balaban J connectivity index is 1.89. The SMILES string of the molecule is C[C@@H](NC(=O)NCc1cccc(NS(C)(=O)=O)c1)c1ccccc1. The molecule has 24 heavy (non-hydrogen) atoms. The fraction of sp³-hybridized carbons (Fsp3) is 0.235. The van der Waals surface area contributed by atoms with Gasteiger partial charge in [0.25, 0.3) is 0 Å². The molecule has 2 aromatic rings. The maximum atomic E-state index is 12.0. The highest BCUT2D eigenvalue weighted by Crippen LogP contribution is 2.13. The molecule has 0 radical (unpaired) electrons. The second-order valence-corrected chi connectivity index (χ2v) is 7.28. The molecule has 0 spiro atoms. The van der Waals surface area contributed by atoms with E-state index < -0.39 is 10.0 Å². The van der Waals surface area contributed by atoms with Gasteiger partial charge in [-0.05, 0) is 30.2 Å². The van der Waals surface area contributed by atoms with Crippen LogP contribution in [0.15, 0.2) is 54.6 Å². The van der Waals surface area contributed by atoms with Crippen LogP contribution >= 0.6 is 0 Å². The normalized spacial score (nSPS) is 12.2. The highest BCUT2D eigenvalue weighted by atomic mass is 32.2. The van der Waals surface area contributed by atoms with E-state index in [1.807, 2.05) is 43.3 Å². The first kappa shape index (κ1) is 17.8. The van der Waals surface area contributed by atoms with Crippen molar-refractivity contribution in [3.63, 3.8) is 0 Å². The van der Waals surface area contributed by atoms with Crippen LogP contribution in [-0.4, -0.2) is 20.7 Å². The van der Waals surface area contributed by atoms with Crippen LogP contribution in [0.3, 0.4) is 0 Å². The minimum atomic E-state index is -3.32. The predicted octanol–water partition coefficient (Wildman–Crippen LogP) is 2.62. The molecule has 2 rings (SSSR count). The number of carbonyl (C=O) groups is 1. The molecule has 6 nitrogen and oxygen atoms in total. The standard InChI is InChI=1S/C17H21N3O3S/c1-13(15-8-4-3-5-9-15)19-17(21)18-12-14-7-6-10-16(11-14)20-24(2,22)23/h3-11,13,20H,12H2,1-2H3,(H2,18,19,21)/t13-/m1/s1. The molecule has 128 valence electrons. The molecule has 0 aliphatic carbocycles. The first-order chi connectivity index (χ1) is 11.3. The van der Waals surface area contributed by atoms with Gasteiger partial charge in [0.2, 0.25) is 10.0 Å². The summed E-state index contributed by atoms with van der Waals surface area (Å²) in [5.41, 5.74) is 2.29. The second kappa shape index (κ2) is 7.83. The van der Waals surface area contributed by atoms with Crippen molar-refractivity contribution in [2.75, 3.05) is 11.0 Å². The Morgan fingerprint density at radius 3 is 2.46 bits per heavy atom. The molecule has 0 fully saturated rings. The van der Waals surface area contributed by atoms with E-state index >= 15 is 0 Å². The highest BCUT2D eigenvalue weighted by Gasteiger charge is 2.09. The van der Waals surface area contributed by atoms with Gasteiger partial charge in [0.1, 0.15) is 0 Å². The van der Waals surface area contributed by atoms with Crippen LogP contribution in [0.4, 0.5) is 10.5 Å². The summed E-state index contributed by atoms with van der Waals surface area (Å²) in [4.78, 5) is 12.0. The van der Waals surface area contributed by atoms with Gasteiger partial charge in [-0.15, -0.1) is 0 Å². The summed E-state index contributed by atoms with van der Waals surface area (Å²) in [5, 5.41) is 5.62. The lowest BCUT2D eigenvalue weighted by molar-refractivity contribution is 0.237. The molecule has 0 heterocycles. The molecule has 0 bridgehead atoms. The van der Waals surface area contributed by atoms with E-state index in [0.29, 0.717) is 12.2 Å². The molecule has 2 aromatic carbocycles. The molecule has 0 aromatic heterocycles. The topological polar surface area (TPSA) is 87.3 Å². The zero-order chi connectivity index (χ0) is 17.6. The maximum Gasteiger partial charge on any atom is 0.315 e. The van der Waals surface area contributed by atoms with Crippen LogP contribution in [-0.2, 0) is 16.6 Å². The van der Waals surface area contributed by atoms with E-state index in [0.717, 1.165) is 17.4 Å². The first-order valence-corrected chi connectivity index (χ1v) is 9.39. The molecule has 1 atom stereocenters. The molecule has 7 heteroatoms. The van der Waals surface area contributed by atoms with Gasteiger partial charge in [-0.3, -0.25) is 4.72 Å². The zero-order valence-corrected chi connectivity index (χ0v) is 14.4. The van der Waals surface area contributed by atoms with Crippen molar-refractivity contribution in [2.24, 2.45) is 0 Å². The number of urea groups is 1. The van der Waals surface area contributed by atoms with Gasteiger partial charge in [-0.25, -0.2) is 13.2 Å². The van der Waals surface area contributed by atoms with Crippen molar-refractivity contribution in [3.8, 4) is 0 Å². The minimum Gasteiger partial charge on any atom is -0.334 e. The number of sulfonamides is 1. The van der Waals surface area contributed by atoms with E-state index in [2.05, 4.69) is 15.4 Å². The number of rotatable bonds is 6. The fourth-order valence-electron chi connectivity index (χ4n) is 2.21. The third-order valence-corrected chi connectivity index (χ3v) is 3.94. The zero-order valence-electron chi connectivity index (χ0n) is 13.6. The van der Waals surface area contributed by atoms with Crippen LogP contribution in [0.5, 0.6) is 0 Å². The van der Waals surface area contributed by atoms with E-state index in [-0.39, 0.29) is 12.1 Å². The van der Waals surface area contributed by atoms with Crippen molar-refractivity contribution in [3.05, 3.63) is 65.7 Å². The summed E-state index contributed by atoms with van der Waals surface area (Å²) >= 11 is 0. The molecule has 3 N–H and O–H groups in total. The van der Waals surface area contributed by atoms with E-state index in [9.17, 15) is 13.2 Å². The summed E-state index contributed by atoms with van der Waals surface area (Å²) in [6.45, 7) is 2.21. The molecule has 0 aliphatic heterocycles. The monoisotopic (exact) mass is 347 g/mol. The van der Waals surface area contributed by atoms with Crippen molar-refractivity contribution >= 4 is 21.7 Å². The Labute approximate surface area is 142 Å². The van der Waals surface area contributed by atoms with Crippen molar-refractivity contribution in [2.45, 2.75) is 19.5 Å². The fourth-order valence-corrected chi connectivity index (χ4v) is 2.77. The van der Waals surface area contributed by atoms with Crippen molar-refractivity contribution in [1.29, 1.82) is 0 Å². The van der Waals surface area contributed by atoms with Gasteiger partial charge in [-0.1, -0.05) is 42.5 Å². The van der Waals surface area contributed by atoms with Crippen LogP contribution in [0.1, 0.15) is 24.1 Å². The number of nitrogens with one attached hydrogen (secondary N) is 3. The number of amides is 2. The van der Waals surface area contributed by atoms with Gasteiger partial charge in [0.05, 0.1) is 12.3 Å². The van der Waals surface area contributed by atoms with Crippen molar-refractivity contribution < 1.29 is 13.2 Å². The molecular weight excluding hydrogens is 326 g/mol. The van der Waals surface area contributed by atoms with E-state index in [4.69, 9.17) is 0 Å². The number of hydrogen-bond donors (Lipinski definition) is 3. The Morgan fingerprint density at radius 1 is 1.08 bits per heavy atom. The molecular formula is C17H21N3O3S. The predicted molar refractivity (Wildman–Crippen MR) is 95.1 cm³/mol. The van der Waals surface area contributed by atoms with Gasteiger partial charge < -0.3 is 10.6 Å². The van der Waals surface area contributed by atoms with Gasteiger partial charge in [0.15, 0.2) is 0 Å². The average molecular weight is 347 g/mol. The second-order valence-electron chi connectivity index (χ2n) is 5.53. The number of carbonyl (C=O) groups excluding carboxylic acids is 1. The van der Waals surface area contributed by atoms with Gasteiger partial charge in [-0.2, -0.15) is 0 Å². The smallest absolute Gasteiger partial charge is 0.315 e. The summed E-state index contributed by atoms with van der Waals surface area (Å²) in [6, 6.07) is 16.2. The van der Waals surface area contributed by atoms with E-state index in [1.54, 1.807) is 18.2 Å². The molecule has 0 aliphatic rings. The largest absolute Gasteiger partial charge is 0.334 e. The third-order valence-electron chi connectivity index (χ3n) is 3.33. The average Bonchev–Trinajstić information content (AvgIpc) is 2.52. The first-order valence-electron chi connectivity index (χ1n) is 7.49. The highest BCUT2D eigenvalue weighted by molar-refractivity contribution is 7.92. The lowest BCUT2D eigenvalue weighted by Gasteiger charge is -2.15. The lowest BCUT2D eigenvalue weighted by atomic mass is 10.1. The Bertz CT molecular complexity index is 792. The van der Waals surface area contributed by atoms with Crippen LogP contribution in [0.2, 0.25) is 0 Å². The minimum absolute atomic E-state index is 0.107. The van der Waals surface area contributed by atoms with Crippen LogP contribution in [0, 0.1) is 0 Å². The Hall–Kier alpha value is -2.54. The van der Waals surface area contributed by atoms with Crippen LogP contribution in [0.25, 0.3) is 0 Å². The molecule has 0 saturated heterocycles. The molecule has 0 unspecified atom stereocenters. The van der Waals surface area contributed by atoms with Crippen LogP contribution < -0.4 is 15.4 Å². The maximum absolute atomic E-state index is 12.0. The van der Waals surface area contributed by atoms with Crippen molar-refractivity contribution in [1.82, 2.24) is 10.6 Å². The van der Waals surface area contributed by atoms with E-state index in [1.165, 1.54) is 0 Å². The Morgan fingerprint density at radius 2 is 1.79 bits per heavy atom. The number of hydrogen-bond acceptors (Lipinski definition) is 3. The number of anilines is 1. The molecule has 2 amide bonds.